The molecule has 0 unspecified atom stereocenters. The van der Waals surface area contributed by atoms with Gasteiger partial charge in [-0.2, -0.15) is 0 Å². The Hall–Kier alpha value is -2.30. The maximum Gasteiger partial charge on any atom is 0.314 e. The van der Waals surface area contributed by atoms with Gasteiger partial charge in [-0.05, 0) is 68.2 Å². The van der Waals surface area contributed by atoms with Gasteiger partial charge in [-0.15, -0.1) is 0 Å². The Morgan fingerprint density at radius 1 is 0.865 bits per heavy atom. The van der Waals surface area contributed by atoms with Crippen LogP contribution in [-0.2, 0) is 11.2 Å². The highest BCUT2D eigenvalue weighted by molar-refractivity contribution is 5.75. The first-order valence-electron chi connectivity index (χ1n) is 14.9. The Bertz CT molecular complexity index is 923. The van der Waals surface area contributed by atoms with Gasteiger partial charge < -0.3 is 4.74 Å². The molecule has 0 N–H and O–H groups in total. The minimum atomic E-state index is -0.550. The fourth-order valence-electron chi connectivity index (χ4n) is 5.38. The molecule has 1 saturated carbocycles. The first kappa shape index (κ1) is 29.3. The molecule has 1 heterocycles. The minimum Gasteiger partial charge on any atom is -0.423 e. The lowest BCUT2D eigenvalue weighted by Gasteiger charge is -2.27. The van der Waals surface area contributed by atoms with Crippen LogP contribution in [0.25, 0.3) is 11.4 Å². The van der Waals surface area contributed by atoms with E-state index >= 15 is 0 Å². The molecule has 1 aromatic heterocycles. The van der Waals surface area contributed by atoms with Crippen molar-refractivity contribution in [2.75, 3.05) is 0 Å². The van der Waals surface area contributed by atoms with E-state index in [-0.39, 0.29) is 17.6 Å². The first-order chi connectivity index (χ1) is 18.1. The van der Waals surface area contributed by atoms with Crippen molar-refractivity contribution in [2.45, 2.75) is 123 Å². The van der Waals surface area contributed by atoms with E-state index in [0.29, 0.717) is 11.4 Å². The third-order valence-electron chi connectivity index (χ3n) is 7.82. The van der Waals surface area contributed by atoms with Gasteiger partial charge in [-0.25, -0.2) is 14.4 Å². The third-order valence-corrected chi connectivity index (χ3v) is 7.82. The van der Waals surface area contributed by atoms with Crippen molar-refractivity contribution in [3.63, 3.8) is 0 Å². The Balaban J connectivity index is 1.42. The summed E-state index contributed by atoms with van der Waals surface area (Å²) in [5.74, 6) is 0.214. The number of carbonyl (C=O) groups excluding carboxylic acids is 1. The van der Waals surface area contributed by atoms with E-state index in [1.54, 1.807) is 6.07 Å². The van der Waals surface area contributed by atoms with Crippen molar-refractivity contribution in [3.05, 3.63) is 42.0 Å². The molecule has 204 valence electrons. The molecule has 2 aromatic rings. The van der Waals surface area contributed by atoms with Gasteiger partial charge in [0.15, 0.2) is 17.4 Å². The van der Waals surface area contributed by atoms with Crippen LogP contribution >= 0.6 is 0 Å². The molecule has 0 saturated heterocycles. The van der Waals surface area contributed by atoms with Gasteiger partial charge in [0.25, 0.3) is 0 Å². The van der Waals surface area contributed by atoms with E-state index in [0.717, 1.165) is 50.0 Å². The van der Waals surface area contributed by atoms with E-state index in [2.05, 4.69) is 23.8 Å². The number of aryl methyl sites for hydroxylation is 1. The van der Waals surface area contributed by atoms with Crippen LogP contribution in [0.5, 0.6) is 5.75 Å². The molecule has 4 nitrogen and oxygen atoms in total. The zero-order chi connectivity index (χ0) is 26.3. The topological polar surface area (TPSA) is 52.1 Å². The van der Waals surface area contributed by atoms with Crippen molar-refractivity contribution in [3.8, 4) is 17.1 Å². The number of hydrogen-bond acceptors (Lipinski definition) is 4. The molecule has 0 atom stereocenters. The van der Waals surface area contributed by atoms with Crippen LogP contribution in [0.3, 0.4) is 0 Å². The van der Waals surface area contributed by atoms with E-state index in [1.807, 2.05) is 12.4 Å². The van der Waals surface area contributed by atoms with Crippen LogP contribution in [0.15, 0.2) is 30.6 Å². The van der Waals surface area contributed by atoms with Crippen LogP contribution < -0.4 is 4.74 Å². The summed E-state index contributed by atoms with van der Waals surface area (Å²) in [6, 6.07) is 4.61. The zero-order valence-electron chi connectivity index (χ0n) is 23.2. The molecule has 0 spiro atoms. The average molecular weight is 511 g/mol. The highest BCUT2D eigenvalue weighted by atomic mass is 19.1. The average Bonchev–Trinajstić information content (AvgIpc) is 2.92. The highest BCUT2D eigenvalue weighted by Crippen LogP contribution is 2.33. The summed E-state index contributed by atoms with van der Waals surface area (Å²) in [5.41, 5.74) is 1.70. The molecule has 0 radical (unpaired) electrons. The molecular formula is C32H47FN2O2. The van der Waals surface area contributed by atoms with Gasteiger partial charge in [0.05, 0.1) is 5.92 Å². The summed E-state index contributed by atoms with van der Waals surface area (Å²) in [6.45, 7) is 4.47. The van der Waals surface area contributed by atoms with E-state index < -0.39 is 5.82 Å². The predicted molar refractivity (Wildman–Crippen MR) is 149 cm³/mol. The van der Waals surface area contributed by atoms with E-state index in [1.165, 1.54) is 82.8 Å². The Kier molecular flexibility index (Phi) is 13.1. The summed E-state index contributed by atoms with van der Waals surface area (Å²) >= 11 is 0. The Labute approximate surface area is 223 Å². The van der Waals surface area contributed by atoms with Gasteiger partial charge in [0.2, 0.25) is 0 Å². The van der Waals surface area contributed by atoms with Gasteiger partial charge >= 0.3 is 5.97 Å². The number of nitrogens with zero attached hydrogens (tertiary/aromatic N) is 2. The predicted octanol–water partition coefficient (Wildman–Crippen LogP) is 9.26. The summed E-state index contributed by atoms with van der Waals surface area (Å²) in [5, 5.41) is 0. The number of hydrogen-bond donors (Lipinski definition) is 0. The monoisotopic (exact) mass is 510 g/mol. The fraction of sp³-hybridized carbons (Fsp3) is 0.656. The standard InChI is InChI=1S/C32H47FN2O2/c1-3-5-7-8-9-10-11-13-15-26-23-34-31(35-24-26)28-20-21-30(29(33)22-28)37-32(36)27-18-16-25(17-19-27)14-12-6-4-2/h20-25,27H,3-19H2,1-2H3. The summed E-state index contributed by atoms with van der Waals surface area (Å²) in [6.07, 6.45) is 23.9. The molecule has 1 fully saturated rings. The molecule has 3 rings (SSSR count). The number of halogens is 1. The van der Waals surface area contributed by atoms with Gasteiger partial charge in [-0.1, -0.05) is 84.5 Å². The van der Waals surface area contributed by atoms with Crippen LogP contribution in [0.1, 0.15) is 122 Å². The SMILES string of the molecule is CCCCCCCCCCc1cnc(-c2ccc(OC(=O)C3CCC(CCCCC)CC3)c(F)c2)nc1. The van der Waals surface area contributed by atoms with E-state index in [9.17, 15) is 9.18 Å². The minimum absolute atomic E-state index is 0.00914. The number of esters is 1. The molecule has 37 heavy (non-hydrogen) atoms. The Morgan fingerprint density at radius 3 is 2.14 bits per heavy atom. The van der Waals surface area contributed by atoms with Crippen LogP contribution in [-0.4, -0.2) is 15.9 Å². The van der Waals surface area contributed by atoms with Gasteiger partial charge in [0, 0.05) is 18.0 Å². The largest absolute Gasteiger partial charge is 0.423 e. The van der Waals surface area contributed by atoms with Crippen LogP contribution in [0.4, 0.5) is 4.39 Å². The summed E-state index contributed by atoms with van der Waals surface area (Å²) in [7, 11) is 0. The second-order valence-electron chi connectivity index (χ2n) is 10.9. The number of unbranched alkanes of at least 4 members (excludes halogenated alkanes) is 9. The van der Waals surface area contributed by atoms with Crippen molar-refractivity contribution in [2.24, 2.45) is 11.8 Å². The normalized spacial score (nSPS) is 17.6. The molecule has 1 aromatic carbocycles. The molecule has 0 amide bonds. The van der Waals surface area contributed by atoms with Gasteiger partial charge in [-0.3, -0.25) is 4.79 Å². The Morgan fingerprint density at radius 2 is 1.49 bits per heavy atom. The maximum atomic E-state index is 14.8. The lowest BCUT2D eigenvalue weighted by atomic mass is 9.80. The van der Waals surface area contributed by atoms with Gasteiger partial charge in [0.1, 0.15) is 0 Å². The smallest absolute Gasteiger partial charge is 0.314 e. The third kappa shape index (κ3) is 10.2. The number of carbonyl (C=O) groups is 1. The number of aromatic nitrogens is 2. The summed E-state index contributed by atoms with van der Waals surface area (Å²) in [4.78, 5) is 21.6. The maximum absolute atomic E-state index is 14.8. The summed E-state index contributed by atoms with van der Waals surface area (Å²) < 4.78 is 20.2. The quantitative estimate of drug-likeness (QED) is 0.128. The number of ether oxygens (including phenoxy) is 1. The second kappa shape index (κ2) is 16.5. The first-order valence-corrected chi connectivity index (χ1v) is 14.9. The van der Waals surface area contributed by atoms with Crippen LogP contribution in [0.2, 0.25) is 0 Å². The number of benzene rings is 1. The van der Waals surface area contributed by atoms with Crippen molar-refractivity contribution >= 4 is 5.97 Å². The fourth-order valence-corrected chi connectivity index (χ4v) is 5.38. The van der Waals surface area contributed by atoms with E-state index in [4.69, 9.17) is 4.74 Å². The lowest BCUT2D eigenvalue weighted by Crippen LogP contribution is -2.26. The molecule has 1 aliphatic carbocycles. The zero-order valence-corrected chi connectivity index (χ0v) is 23.2. The van der Waals surface area contributed by atoms with Crippen molar-refractivity contribution in [1.82, 2.24) is 9.97 Å². The molecule has 1 aliphatic rings. The second-order valence-corrected chi connectivity index (χ2v) is 10.9. The lowest BCUT2D eigenvalue weighted by molar-refractivity contribution is -0.140. The molecule has 5 heteroatoms. The van der Waals surface area contributed by atoms with Crippen LogP contribution in [0, 0.1) is 17.7 Å². The van der Waals surface area contributed by atoms with Crippen molar-refractivity contribution in [1.29, 1.82) is 0 Å². The molecular weight excluding hydrogens is 463 g/mol. The highest BCUT2D eigenvalue weighted by Gasteiger charge is 2.28. The van der Waals surface area contributed by atoms with Crippen molar-refractivity contribution < 1.29 is 13.9 Å². The number of rotatable bonds is 16. The molecule has 0 bridgehead atoms. The molecule has 0 aliphatic heterocycles.